The SMILES string of the molecule is CO.OCC1CC(O)CCN1Cc1ccccc1. The molecule has 1 fully saturated rings. The van der Waals surface area contributed by atoms with Gasteiger partial charge in [-0.05, 0) is 18.4 Å². The van der Waals surface area contributed by atoms with E-state index in [4.69, 9.17) is 5.11 Å². The monoisotopic (exact) mass is 253 g/mol. The highest BCUT2D eigenvalue weighted by atomic mass is 16.3. The Hall–Kier alpha value is -0.940. The molecule has 2 atom stereocenters. The summed E-state index contributed by atoms with van der Waals surface area (Å²) in [7, 11) is 1.00. The number of piperidine rings is 1. The Bertz CT molecular complexity index is 318. The Labute approximate surface area is 108 Å². The van der Waals surface area contributed by atoms with E-state index in [2.05, 4.69) is 17.0 Å². The van der Waals surface area contributed by atoms with E-state index >= 15 is 0 Å². The maximum atomic E-state index is 9.56. The minimum atomic E-state index is -0.246. The van der Waals surface area contributed by atoms with E-state index in [9.17, 15) is 10.2 Å². The Kier molecular flexibility index (Phi) is 6.90. The normalized spacial score (nSPS) is 24.2. The van der Waals surface area contributed by atoms with Crippen molar-refractivity contribution in [2.24, 2.45) is 0 Å². The van der Waals surface area contributed by atoms with Crippen molar-refractivity contribution in [1.29, 1.82) is 0 Å². The van der Waals surface area contributed by atoms with Crippen LogP contribution in [0.15, 0.2) is 30.3 Å². The van der Waals surface area contributed by atoms with Crippen LogP contribution in [0.4, 0.5) is 0 Å². The van der Waals surface area contributed by atoms with Crippen molar-refractivity contribution < 1.29 is 15.3 Å². The fourth-order valence-electron chi connectivity index (χ4n) is 2.29. The van der Waals surface area contributed by atoms with Crippen LogP contribution in [0.1, 0.15) is 18.4 Å². The summed E-state index contributed by atoms with van der Waals surface area (Å²) in [5, 5.41) is 25.9. The topological polar surface area (TPSA) is 63.9 Å². The van der Waals surface area contributed by atoms with Gasteiger partial charge in [0.1, 0.15) is 0 Å². The van der Waals surface area contributed by atoms with E-state index in [-0.39, 0.29) is 18.8 Å². The van der Waals surface area contributed by atoms with E-state index in [1.165, 1.54) is 5.56 Å². The van der Waals surface area contributed by atoms with E-state index in [1.54, 1.807) is 0 Å². The maximum Gasteiger partial charge on any atom is 0.0587 e. The molecule has 0 aromatic heterocycles. The zero-order valence-corrected chi connectivity index (χ0v) is 10.9. The summed E-state index contributed by atoms with van der Waals surface area (Å²) in [4.78, 5) is 2.25. The number of nitrogens with zero attached hydrogens (tertiary/aromatic N) is 1. The third-order valence-corrected chi connectivity index (χ3v) is 3.25. The van der Waals surface area contributed by atoms with Crippen molar-refractivity contribution in [2.75, 3.05) is 20.3 Å². The first kappa shape index (κ1) is 15.1. The first-order valence-electron chi connectivity index (χ1n) is 6.31. The molecule has 1 heterocycles. The highest BCUT2D eigenvalue weighted by Crippen LogP contribution is 2.19. The van der Waals surface area contributed by atoms with Crippen LogP contribution in [-0.4, -0.2) is 52.6 Å². The predicted octanol–water partition coefficient (Wildman–Crippen LogP) is 0.613. The van der Waals surface area contributed by atoms with Gasteiger partial charge in [0.2, 0.25) is 0 Å². The van der Waals surface area contributed by atoms with Crippen LogP contribution in [0, 0.1) is 0 Å². The molecule has 102 valence electrons. The second-order valence-corrected chi connectivity index (χ2v) is 4.47. The van der Waals surface area contributed by atoms with Gasteiger partial charge in [-0.1, -0.05) is 30.3 Å². The summed E-state index contributed by atoms with van der Waals surface area (Å²) < 4.78 is 0. The number of benzene rings is 1. The Morgan fingerprint density at radius 3 is 2.50 bits per heavy atom. The Balaban J connectivity index is 0.000000771. The van der Waals surface area contributed by atoms with Gasteiger partial charge in [-0.3, -0.25) is 4.90 Å². The fraction of sp³-hybridized carbons (Fsp3) is 0.571. The standard InChI is InChI=1S/C13H19NO2.CH4O/c15-10-12-8-13(16)6-7-14(12)9-11-4-2-1-3-5-11;1-2/h1-5,12-13,15-16H,6-10H2;2H,1H3. The van der Waals surface area contributed by atoms with Crippen molar-refractivity contribution in [3.63, 3.8) is 0 Å². The van der Waals surface area contributed by atoms with Gasteiger partial charge in [-0.25, -0.2) is 0 Å². The fourth-order valence-corrected chi connectivity index (χ4v) is 2.29. The predicted molar refractivity (Wildman–Crippen MR) is 71.1 cm³/mol. The summed E-state index contributed by atoms with van der Waals surface area (Å²) in [6.07, 6.45) is 1.25. The molecule has 0 spiro atoms. The van der Waals surface area contributed by atoms with E-state index < -0.39 is 0 Å². The molecule has 1 aliphatic rings. The lowest BCUT2D eigenvalue weighted by atomic mass is 9.99. The molecule has 2 unspecified atom stereocenters. The van der Waals surface area contributed by atoms with Gasteiger partial charge in [0.15, 0.2) is 0 Å². The lowest BCUT2D eigenvalue weighted by Crippen LogP contribution is -2.45. The average Bonchev–Trinajstić information content (AvgIpc) is 2.44. The van der Waals surface area contributed by atoms with Gasteiger partial charge in [0.05, 0.1) is 12.7 Å². The minimum absolute atomic E-state index is 0.101. The van der Waals surface area contributed by atoms with Crippen molar-refractivity contribution in [2.45, 2.75) is 31.5 Å². The molecular weight excluding hydrogens is 230 g/mol. The minimum Gasteiger partial charge on any atom is -0.400 e. The molecule has 3 N–H and O–H groups in total. The second kappa shape index (κ2) is 8.21. The number of aliphatic hydroxyl groups excluding tert-OH is 3. The lowest BCUT2D eigenvalue weighted by Gasteiger charge is -2.36. The van der Waals surface area contributed by atoms with Gasteiger partial charge in [0, 0.05) is 26.2 Å². The third kappa shape index (κ3) is 4.38. The van der Waals surface area contributed by atoms with E-state index in [0.717, 1.165) is 26.6 Å². The summed E-state index contributed by atoms with van der Waals surface area (Å²) in [6.45, 7) is 1.85. The van der Waals surface area contributed by atoms with Crippen LogP contribution in [0.25, 0.3) is 0 Å². The second-order valence-electron chi connectivity index (χ2n) is 4.47. The van der Waals surface area contributed by atoms with Crippen LogP contribution < -0.4 is 0 Å². The summed E-state index contributed by atoms with van der Waals surface area (Å²) in [5.41, 5.74) is 1.26. The number of likely N-dealkylation sites (tertiary alicyclic amines) is 1. The van der Waals surface area contributed by atoms with Gasteiger partial charge < -0.3 is 15.3 Å². The molecule has 0 saturated carbocycles. The van der Waals surface area contributed by atoms with Crippen molar-refractivity contribution in [3.8, 4) is 0 Å². The molecule has 1 aromatic carbocycles. The third-order valence-electron chi connectivity index (χ3n) is 3.25. The number of hydrogen-bond acceptors (Lipinski definition) is 4. The molecule has 0 bridgehead atoms. The van der Waals surface area contributed by atoms with Gasteiger partial charge in [-0.15, -0.1) is 0 Å². The first-order chi connectivity index (χ1) is 8.79. The molecular formula is C14H23NO3. The summed E-state index contributed by atoms with van der Waals surface area (Å²) in [5.74, 6) is 0. The smallest absolute Gasteiger partial charge is 0.0587 e. The maximum absolute atomic E-state index is 9.56. The van der Waals surface area contributed by atoms with E-state index in [1.807, 2.05) is 18.2 Å². The van der Waals surface area contributed by atoms with Crippen LogP contribution in [-0.2, 0) is 6.54 Å². The van der Waals surface area contributed by atoms with Crippen molar-refractivity contribution in [3.05, 3.63) is 35.9 Å². The number of aliphatic hydroxyl groups is 3. The van der Waals surface area contributed by atoms with Crippen molar-refractivity contribution in [1.82, 2.24) is 4.90 Å². The first-order valence-corrected chi connectivity index (χ1v) is 6.31. The average molecular weight is 253 g/mol. The molecule has 0 radical (unpaired) electrons. The van der Waals surface area contributed by atoms with Crippen LogP contribution in [0.3, 0.4) is 0 Å². The molecule has 18 heavy (non-hydrogen) atoms. The number of rotatable bonds is 3. The molecule has 2 rings (SSSR count). The van der Waals surface area contributed by atoms with E-state index in [0.29, 0.717) is 6.42 Å². The van der Waals surface area contributed by atoms with Crippen LogP contribution >= 0.6 is 0 Å². The molecule has 0 aliphatic carbocycles. The summed E-state index contributed by atoms with van der Waals surface area (Å²) >= 11 is 0. The highest BCUT2D eigenvalue weighted by Gasteiger charge is 2.26. The Morgan fingerprint density at radius 2 is 1.89 bits per heavy atom. The van der Waals surface area contributed by atoms with Gasteiger partial charge in [-0.2, -0.15) is 0 Å². The van der Waals surface area contributed by atoms with Crippen LogP contribution in [0.2, 0.25) is 0 Å². The quantitative estimate of drug-likeness (QED) is 0.738. The van der Waals surface area contributed by atoms with Gasteiger partial charge in [0.25, 0.3) is 0 Å². The number of hydrogen-bond donors (Lipinski definition) is 3. The molecule has 0 amide bonds. The molecule has 1 aromatic rings. The largest absolute Gasteiger partial charge is 0.400 e. The molecule has 4 nitrogen and oxygen atoms in total. The van der Waals surface area contributed by atoms with Crippen LogP contribution in [0.5, 0.6) is 0 Å². The zero-order valence-electron chi connectivity index (χ0n) is 10.9. The molecule has 4 heteroatoms. The summed E-state index contributed by atoms with van der Waals surface area (Å²) in [6, 6.07) is 10.4. The lowest BCUT2D eigenvalue weighted by molar-refractivity contribution is 0.0129. The van der Waals surface area contributed by atoms with Gasteiger partial charge >= 0.3 is 0 Å². The molecule has 1 saturated heterocycles. The Morgan fingerprint density at radius 1 is 1.22 bits per heavy atom. The highest BCUT2D eigenvalue weighted by molar-refractivity contribution is 5.14. The zero-order chi connectivity index (χ0) is 13.4. The van der Waals surface area contributed by atoms with Crippen molar-refractivity contribution >= 4 is 0 Å². The molecule has 1 aliphatic heterocycles.